The number of nitrogens with zero attached hydrogens (tertiary/aromatic N) is 1. The fraction of sp³-hybridized carbons (Fsp3) is 0.696. The van der Waals surface area contributed by atoms with Gasteiger partial charge in [0.25, 0.3) is 5.91 Å². The monoisotopic (exact) mass is 392 g/mol. The van der Waals surface area contributed by atoms with E-state index in [4.69, 9.17) is 9.47 Å². The highest BCUT2D eigenvalue weighted by atomic mass is 16.5. The molecule has 1 rings (SSSR count). The fourth-order valence-corrected chi connectivity index (χ4v) is 3.50. The van der Waals surface area contributed by atoms with Crippen LogP contribution in [0.3, 0.4) is 0 Å². The number of ether oxygens (including phenoxy) is 2. The van der Waals surface area contributed by atoms with Crippen molar-refractivity contribution in [1.82, 2.24) is 4.90 Å². The van der Waals surface area contributed by atoms with Gasteiger partial charge in [0, 0.05) is 18.8 Å². The first-order valence-corrected chi connectivity index (χ1v) is 10.5. The molecule has 0 aliphatic heterocycles. The molecule has 1 aromatic rings. The van der Waals surface area contributed by atoms with E-state index in [2.05, 4.69) is 52.0 Å². The lowest BCUT2D eigenvalue weighted by atomic mass is 9.83. The molecule has 160 valence electrons. The predicted molar refractivity (Wildman–Crippen MR) is 117 cm³/mol. The molecule has 0 aliphatic carbocycles. The molecule has 0 aliphatic rings. The minimum Gasteiger partial charge on any atom is -0.494 e. The second kappa shape index (κ2) is 12.1. The number of rotatable bonds is 13. The lowest BCUT2D eigenvalue weighted by Gasteiger charge is -2.35. The van der Waals surface area contributed by atoms with Crippen LogP contribution in [0.5, 0.6) is 5.75 Å². The Balaban J connectivity index is 2.78. The van der Waals surface area contributed by atoms with Gasteiger partial charge in [-0.05, 0) is 76.4 Å². The Kier molecular flexibility index (Phi) is 10.5. The molecule has 0 saturated heterocycles. The number of amides is 1. The number of nitrogens with one attached hydrogen (secondary N) is 1. The Labute approximate surface area is 171 Å². The molecular weight excluding hydrogens is 352 g/mol. The van der Waals surface area contributed by atoms with Crippen molar-refractivity contribution in [1.29, 1.82) is 0 Å². The van der Waals surface area contributed by atoms with Gasteiger partial charge in [0.15, 0.2) is 0 Å². The van der Waals surface area contributed by atoms with Crippen LogP contribution in [-0.2, 0) is 9.53 Å². The number of carbonyl (C=O) groups excluding carboxylic acids is 1. The van der Waals surface area contributed by atoms with Crippen molar-refractivity contribution in [2.75, 3.05) is 39.2 Å². The summed E-state index contributed by atoms with van der Waals surface area (Å²) in [5.74, 6) is 1.50. The summed E-state index contributed by atoms with van der Waals surface area (Å²) in [5.41, 5.74) is -0.0273. The molecule has 0 bridgehead atoms. The molecule has 0 fully saturated rings. The minimum absolute atomic E-state index is 0.0589. The van der Waals surface area contributed by atoms with Crippen LogP contribution in [0, 0.1) is 11.8 Å². The van der Waals surface area contributed by atoms with E-state index in [0.717, 1.165) is 24.4 Å². The molecule has 0 spiro atoms. The SMILES string of the molecule is CCOC(CC(C)C)(CC(C)C)C(=O)Nc1ccc(OCCCN(C)C)cc1. The van der Waals surface area contributed by atoms with Gasteiger partial charge in [0.1, 0.15) is 11.4 Å². The van der Waals surface area contributed by atoms with E-state index in [9.17, 15) is 4.79 Å². The molecule has 5 nitrogen and oxygen atoms in total. The normalized spacial score (nSPS) is 12.1. The Morgan fingerprint density at radius 1 is 1.07 bits per heavy atom. The van der Waals surface area contributed by atoms with E-state index >= 15 is 0 Å². The van der Waals surface area contributed by atoms with Gasteiger partial charge < -0.3 is 19.7 Å². The third kappa shape index (κ3) is 8.61. The summed E-state index contributed by atoms with van der Waals surface area (Å²) in [7, 11) is 4.11. The molecule has 5 heteroatoms. The zero-order valence-electron chi connectivity index (χ0n) is 18.9. The first-order chi connectivity index (χ1) is 13.2. The average molecular weight is 393 g/mol. The molecule has 1 amide bonds. The molecule has 0 unspecified atom stereocenters. The van der Waals surface area contributed by atoms with Crippen molar-refractivity contribution in [2.45, 2.75) is 59.5 Å². The Morgan fingerprint density at radius 2 is 1.64 bits per heavy atom. The first kappa shape index (κ1) is 24.4. The molecule has 0 atom stereocenters. The van der Waals surface area contributed by atoms with Gasteiger partial charge in [-0.3, -0.25) is 4.79 Å². The van der Waals surface area contributed by atoms with Crippen molar-refractivity contribution in [2.24, 2.45) is 11.8 Å². The highest BCUT2D eigenvalue weighted by Gasteiger charge is 2.40. The summed E-state index contributed by atoms with van der Waals surface area (Å²) >= 11 is 0. The maximum atomic E-state index is 13.2. The maximum Gasteiger partial charge on any atom is 0.256 e. The van der Waals surface area contributed by atoms with Gasteiger partial charge in [-0.1, -0.05) is 27.7 Å². The van der Waals surface area contributed by atoms with Crippen LogP contribution in [0.15, 0.2) is 24.3 Å². The van der Waals surface area contributed by atoms with E-state index in [1.54, 1.807) is 0 Å². The van der Waals surface area contributed by atoms with Crippen LogP contribution >= 0.6 is 0 Å². The van der Waals surface area contributed by atoms with Crippen molar-refractivity contribution in [3.8, 4) is 5.75 Å². The summed E-state index contributed by atoms with van der Waals surface area (Å²) in [6, 6.07) is 7.58. The van der Waals surface area contributed by atoms with Crippen LogP contribution in [-0.4, -0.2) is 50.3 Å². The van der Waals surface area contributed by atoms with Gasteiger partial charge in [-0.15, -0.1) is 0 Å². The number of benzene rings is 1. The summed E-state index contributed by atoms with van der Waals surface area (Å²) < 4.78 is 11.8. The molecule has 28 heavy (non-hydrogen) atoms. The van der Waals surface area contributed by atoms with Crippen molar-refractivity contribution in [3.63, 3.8) is 0 Å². The van der Waals surface area contributed by atoms with Gasteiger partial charge in [-0.2, -0.15) is 0 Å². The third-order valence-electron chi connectivity index (χ3n) is 4.44. The largest absolute Gasteiger partial charge is 0.494 e. The van der Waals surface area contributed by atoms with Gasteiger partial charge in [0.05, 0.1) is 6.61 Å². The van der Waals surface area contributed by atoms with Crippen LogP contribution in [0.25, 0.3) is 0 Å². The number of hydrogen-bond acceptors (Lipinski definition) is 4. The molecule has 1 N–H and O–H groups in total. The van der Waals surface area contributed by atoms with Gasteiger partial charge in [-0.25, -0.2) is 0 Å². The standard InChI is InChI=1S/C23H40N2O3/c1-8-28-23(16-18(2)3,17-19(4)5)22(26)24-20-10-12-21(13-11-20)27-15-9-14-25(6)7/h10-13,18-19H,8-9,14-17H2,1-7H3,(H,24,26). The summed E-state index contributed by atoms with van der Waals surface area (Å²) in [4.78, 5) is 15.3. The first-order valence-electron chi connectivity index (χ1n) is 10.5. The van der Waals surface area contributed by atoms with E-state index in [-0.39, 0.29) is 5.91 Å². The second-order valence-electron chi connectivity index (χ2n) is 8.61. The van der Waals surface area contributed by atoms with E-state index in [0.29, 0.717) is 37.9 Å². The van der Waals surface area contributed by atoms with E-state index < -0.39 is 5.60 Å². The average Bonchev–Trinajstić information content (AvgIpc) is 2.59. The zero-order chi connectivity index (χ0) is 21.2. The highest BCUT2D eigenvalue weighted by Crippen LogP contribution is 2.31. The summed E-state index contributed by atoms with van der Waals surface area (Å²) in [6.07, 6.45) is 2.39. The van der Waals surface area contributed by atoms with Crippen LogP contribution < -0.4 is 10.1 Å². The molecule has 1 aromatic carbocycles. The number of anilines is 1. The lowest BCUT2D eigenvalue weighted by molar-refractivity contribution is -0.146. The molecule has 0 heterocycles. The fourth-order valence-electron chi connectivity index (χ4n) is 3.50. The summed E-state index contributed by atoms with van der Waals surface area (Å²) in [5, 5.41) is 3.06. The Hall–Kier alpha value is -1.59. The van der Waals surface area contributed by atoms with E-state index in [1.807, 2.05) is 31.2 Å². The lowest BCUT2D eigenvalue weighted by Crippen LogP contribution is -2.47. The topological polar surface area (TPSA) is 50.8 Å². The highest BCUT2D eigenvalue weighted by molar-refractivity contribution is 5.97. The van der Waals surface area contributed by atoms with E-state index in [1.165, 1.54) is 0 Å². The Bertz CT molecular complexity index is 558. The predicted octanol–water partition coefficient (Wildman–Crippen LogP) is 4.82. The van der Waals surface area contributed by atoms with Gasteiger partial charge in [0.2, 0.25) is 0 Å². The number of carbonyl (C=O) groups is 1. The molecule has 0 aromatic heterocycles. The smallest absolute Gasteiger partial charge is 0.256 e. The zero-order valence-corrected chi connectivity index (χ0v) is 18.9. The maximum absolute atomic E-state index is 13.2. The molecular formula is C23H40N2O3. The summed E-state index contributed by atoms with van der Waals surface area (Å²) in [6.45, 7) is 12.7. The molecule has 0 radical (unpaired) electrons. The second-order valence-corrected chi connectivity index (χ2v) is 8.61. The molecule has 0 saturated carbocycles. The van der Waals surface area contributed by atoms with Crippen LogP contribution in [0.1, 0.15) is 53.9 Å². The number of hydrogen-bond donors (Lipinski definition) is 1. The van der Waals surface area contributed by atoms with Crippen LogP contribution in [0.2, 0.25) is 0 Å². The third-order valence-corrected chi connectivity index (χ3v) is 4.44. The quantitative estimate of drug-likeness (QED) is 0.489. The van der Waals surface area contributed by atoms with Crippen molar-refractivity contribution >= 4 is 11.6 Å². The van der Waals surface area contributed by atoms with Crippen LogP contribution in [0.4, 0.5) is 5.69 Å². The van der Waals surface area contributed by atoms with Crippen molar-refractivity contribution in [3.05, 3.63) is 24.3 Å². The minimum atomic E-state index is -0.793. The van der Waals surface area contributed by atoms with Gasteiger partial charge >= 0.3 is 0 Å². The van der Waals surface area contributed by atoms with Crippen molar-refractivity contribution < 1.29 is 14.3 Å². The Morgan fingerprint density at radius 3 is 2.11 bits per heavy atom.